The van der Waals surface area contributed by atoms with Crippen LogP contribution in [0.5, 0.6) is 5.75 Å². The molecule has 1 rings (SSSR count). The lowest BCUT2D eigenvalue weighted by Crippen LogP contribution is -2.55. The molecular formula is C17H28N2O2. The highest BCUT2D eigenvalue weighted by Gasteiger charge is 2.32. The van der Waals surface area contributed by atoms with Crippen molar-refractivity contribution in [2.24, 2.45) is 5.73 Å². The molecule has 2 unspecified atom stereocenters. The van der Waals surface area contributed by atoms with Gasteiger partial charge in [-0.3, -0.25) is 4.79 Å². The van der Waals surface area contributed by atoms with Crippen LogP contribution in [0.3, 0.4) is 0 Å². The zero-order valence-corrected chi connectivity index (χ0v) is 13.6. The molecular weight excluding hydrogens is 264 g/mol. The topological polar surface area (TPSA) is 64.3 Å². The van der Waals surface area contributed by atoms with Crippen LogP contribution >= 0.6 is 0 Å². The van der Waals surface area contributed by atoms with E-state index in [2.05, 4.69) is 31.3 Å². The SMILES string of the molecule is CCCNC(C)(CC(C)Oc1ccc(CC)cc1)C(N)=O. The molecule has 1 amide bonds. The fourth-order valence-electron chi connectivity index (χ4n) is 2.31. The molecule has 0 aliphatic rings. The molecule has 0 fully saturated rings. The Kier molecular flexibility index (Phi) is 6.69. The van der Waals surface area contributed by atoms with E-state index in [-0.39, 0.29) is 12.0 Å². The summed E-state index contributed by atoms with van der Waals surface area (Å²) < 4.78 is 5.89. The molecule has 1 aromatic rings. The van der Waals surface area contributed by atoms with Gasteiger partial charge >= 0.3 is 0 Å². The number of amides is 1. The summed E-state index contributed by atoms with van der Waals surface area (Å²) in [6.07, 6.45) is 2.41. The van der Waals surface area contributed by atoms with E-state index in [4.69, 9.17) is 10.5 Å². The molecule has 118 valence electrons. The fourth-order valence-corrected chi connectivity index (χ4v) is 2.31. The number of nitrogens with one attached hydrogen (secondary N) is 1. The van der Waals surface area contributed by atoms with E-state index in [9.17, 15) is 4.79 Å². The average Bonchev–Trinajstić information content (AvgIpc) is 2.45. The summed E-state index contributed by atoms with van der Waals surface area (Å²) in [6, 6.07) is 8.06. The normalized spacial score (nSPS) is 15.2. The second-order valence-electron chi connectivity index (χ2n) is 5.75. The van der Waals surface area contributed by atoms with Gasteiger partial charge in [0.1, 0.15) is 5.75 Å². The lowest BCUT2D eigenvalue weighted by Gasteiger charge is -2.30. The highest BCUT2D eigenvalue weighted by molar-refractivity contribution is 5.84. The minimum absolute atomic E-state index is 0.0978. The van der Waals surface area contributed by atoms with Crippen LogP contribution in [-0.2, 0) is 11.2 Å². The fraction of sp³-hybridized carbons (Fsp3) is 0.588. The standard InChI is InChI=1S/C17H28N2O2/c1-5-11-19-17(4,16(18)20)12-13(3)21-15-9-7-14(6-2)8-10-15/h7-10,13,19H,5-6,11-12H2,1-4H3,(H2,18,20). The Morgan fingerprint density at radius 2 is 1.95 bits per heavy atom. The molecule has 0 radical (unpaired) electrons. The summed E-state index contributed by atoms with van der Waals surface area (Å²) in [7, 11) is 0. The molecule has 0 saturated carbocycles. The van der Waals surface area contributed by atoms with Crippen LogP contribution < -0.4 is 15.8 Å². The van der Waals surface area contributed by atoms with Crippen LogP contribution in [0.1, 0.15) is 46.1 Å². The molecule has 0 aliphatic heterocycles. The van der Waals surface area contributed by atoms with E-state index in [0.29, 0.717) is 6.42 Å². The Morgan fingerprint density at radius 1 is 1.33 bits per heavy atom. The van der Waals surface area contributed by atoms with Crippen molar-refractivity contribution in [3.8, 4) is 5.75 Å². The molecule has 2 atom stereocenters. The van der Waals surface area contributed by atoms with E-state index in [1.54, 1.807) is 0 Å². The molecule has 4 heteroatoms. The number of ether oxygens (including phenoxy) is 1. The van der Waals surface area contributed by atoms with Crippen molar-refractivity contribution >= 4 is 5.91 Å². The molecule has 0 saturated heterocycles. The van der Waals surface area contributed by atoms with Gasteiger partial charge in [-0.2, -0.15) is 0 Å². The quantitative estimate of drug-likeness (QED) is 0.735. The number of carbonyl (C=O) groups is 1. The average molecular weight is 292 g/mol. The number of benzene rings is 1. The largest absolute Gasteiger partial charge is 0.491 e. The van der Waals surface area contributed by atoms with Gasteiger partial charge < -0.3 is 15.8 Å². The third kappa shape index (κ3) is 5.38. The molecule has 21 heavy (non-hydrogen) atoms. The summed E-state index contributed by atoms with van der Waals surface area (Å²) in [4.78, 5) is 11.7. The van der Waals surface area contributed by atoms with Crippen LogP contribution in [0, 0.1) is 0 Å². The summed E-state index contributed by atoms with van der Waals surface area (Å²) in [5, 5.41) is 3.23. The third-order valence-corrected chi connectivity index (χ3v) is 3.67. The van der Waals surface area contributed by atoms with Crippen molar-refractivity contribution in [1.29, 1.82) is 0 Å². The van der Waals surface area contributed by atoms with Gasteiger partial charge in [-0.25, -0.2) is 0 Å². The van der Waals surface area contributed by atoms with Gasteiger partial charge in [-0.15, -0.1) is 0 Å². The minimum Gasteiger partial charge on any atom is -0.491 e. The Morgan fingerprint density at radius 3 is 2.43 bits per heavy atom. The Hall–Kier alpha value is -1.55. The van der Waals surface area contributed by atoms with E-state index >= 15 is 0 Å². The first kappa shape index (κ1) is 17.5. The van der Waals surface area contributed by atoms with E-state index < -0.39 is 5.54 Å². The highest BCUT2D eigenvalue weighted by Crippen LogP contribution is 2.19. The Labute approximate surface area is 128 Å². The number of nitrogens with two attached hydrogens (primary N) is 1. The van der Waals surface area contributed by atoms with Crippen molar-refractivity contribution in [2.75, 3.05) is 6.54 Å². The van der Waals surface area contributed by atoms with E-state index in [0.717, 1.165) is 25.1 Å². The summed E-state index contributed by atoms with van der Waals surface area (Å²) in [5.74, 6) is 0.481. The maximum absolute atomic E-state index is 11.7. The summed E-state index contributed by atoms with van der Waals surface area (Å²) >= 11 is 0. The number of hydrogen-bond acceptors (Lipinski definition) is 3. The highest BCUT2D eigenvalue weighted by atomic mass is 16.5. The Bertz CT molecular complexity index is 445. The van der Waals surface area contributed by atoms with Crippen molar-refractivity contribution in [1.82, 2.24) is 5.32 Å². The van der Waals surface area contributed by atoms with Crippen molar-refractivity contribution < 1.29 is 9.53 Å². The van der Waals surface area contributed by atoms with Crippen molar-refractivity contribution in [2.45, 2.75) is 58.6 Å². The van der Waals surface area contributed by atoms with Gasteiger partial charge in [0.2, 0.25) is 5.91 Å². The lowest BCUT2D eigenvalue weighted by atomic mass is 9.93. The van der Waals surface area contributed by atoms with E-state index in [1.165, 1.54) is 5.56 Å². The second kappa shape index (κ2) is 8.03. The minimum atomic E-state index is -0.737. The molecule has 0 aromatic heterocycles. The van der Waals surface area contributed by atoms with Crippen LogP contribution in [0.25, 0.3) is 0 Å². The van der Waals surface area contributed by atoms with Gasteiger partial charge in [0.15, 0.2) is 0 Å². The van der Waals surface area contributed by atoms with Gasteiger partial charge in [0.05, 0.1) is 11.6 Å². The number of rotatable bonds is 9. The lowest BCUT2D eigenvalue weighted by molar-refractivity contribution is -0.124. The number of carbonyl (C=O) groups excluding carboxylic acids is 1. The molecule has 0 bridgehead atoms. The van der Waals surface area contributed by atoms with Crippen molar-refractivity contribution in [3.05, 3.63) is 29.8 Å². The van der Waals surface area contributed by atoms with Crippen LogP contribution in [0.4, 0.5) is 0 Å². The predicted molar refractivity (Wildman–Crippen MR) is 86.4 cm³/mol. The summed E-state index contributed by atoms with van der Waals surface area (Å²) in [6.45, 7) is 8.74. The molecule has 0 spiro atoms. The zero-order valence-electron chi connectivity index (χ0n) is 13.6. The van der Waals surface area contributed by atoms with Gasteiger partial charge in [0.25, 0.3) is 0 Å². The maximum Gasteiger partial charge on any atom is 0.237 e. The molecule has 3 N–H and O–H groups in total. The van der Waals surface area contributed by atoms with Gasteiger partial charge in [0, 0.05) is 6.42 Å². The Balaban J connectivity index is 2.64. The monoisotopic (exact) mass is 292 g/mol. The van der Waals surface area contributed by atoms with Gasteiger partial charge in [-0.05, 0) is 50.9 Å². The van der Waals surface area contributed by atoms with Crippen molar-refractivity contribution in [3.63, 3.8) is 0 Å². The maximum atomic E-state index is 11.7. The van der Waals surface area contributed by atoms with Crippen LogP contribution in [-0.4, -0.2) is 24.1 Å². The first-order chi connectivity index (χ1) is 9.91. The number of primary amides is 1. The molecule has 0 aliphatic carbocycles. The molecule has 0 heterocycles. The smallest absolute Gasteiger partial charge is 0.237 e. The predicted octanol–water partition coefficient (Wildman–Crippen LogP) is 2.65. The van der Waals surface area contributed by atoms with E-state index in [1.807, 2.05) is 26.0 Å². The second-order valence-corrected chi connectivity index (χ2v) is 5.75. The number of hydrogen-bond donors (Lipinski definition) is 2. The van der Waals surface area contributed by atoms with Crippen LogP contribution in [0.2, 0.25) is 0 Å². The first-order valence-electron chi connectivity index (χ1n) is 7.71. The first-order valence-corrected chi connectivity index (χ1v) is 7.71. The number of aryl methyl sites for hydroxylation is 1. The third-order valence-electron chi connectivity index (χ3n) is 3.67. The van der Waals surface area contributed by atoms with Gasteiger partial charge in [-0.1, -0.05) is 26.0 Å². The van der Waals surface area contributed by atoms with Crippen LogP contribution in [0.15, 0.2) is 24.3 Å². The molecule has 1 aromatic carbocycles. The summed E-state index contributed by atoms with van der Waals surface area (Å²) in [5.41, 5.74) is 6.08. The zero-order chi connectivity index (χ0) is 15.9. The molecule has 4 nitrogen and oxygen atoms in total.